The number of hydrogen-bond acceptors (Lipinski definition) is 4. The molecule has 5 nitrogen and oxygen atoms in total. The number of pyridine rings is 1. The molecule has 0 saturated carbocycles. The van der Waals surface area contributed by atoms with Crippen molar-refractivity contribution >= 4 is 10.0 Å². The van der Waals surface area contributed by atoms with Gasteiger partial charge in [-0.2, -0.15) is 4.31 Å². The van der Waals surface area contributed by atoms with Crippen LogP contribution in [-0.2, 0) is 10.0 Å². The Morgan fingerprint density at radius 2 is 1.78 bits per heavy atom. The van der Waals surface area contributed by atoms with Gasteiger partial charge >= 0.3 is 0 Å². The molecular formula is C17H20N2O3S. The molecule has 2 aromatic rings. The maximum absolute atomic E-state index is 12.6. The van der Waals surface area contributed by atoms with Crippen molar-refractivity contribution in [3.8, 4) is 0 Å². The lowest BCUT2D eigenvalue weighted by Gasteiger charge is -2.33. The van der Waals surface area contributed by atoms with Crippen LogP contribution in [0, 0.1) is 5.92 Å². The van der Waals surface area contributed by atoms with Crippen LogP contribution in [-0.4, -0.2) is 35.9 Å². The molecule has 23 heavy (non-hydrogen) atoms. The Labute approximate surface area is 136 Å². The Morgan fingerprint density at radius 1 is 1.09 bits per heavy atom. The summed E-state index contributed by atoms with van der Waals surface area (Å²) in [6.07, 6.45) is 3.69. The number of rotatable bonds is 4. The molecular weight excluding hydrogens is 312 g/mol. The molecule has 2 heterocycles. The normalized spacial score (nSPS) is 18.7. The highest BCUT2D eigenvalue weighted by Crippen LogP contribution is 2.32. The van der Waals surface area contributed by atoms with E-state index in [-0.39, 0.29) is 10.8 Å². The smallest absolute Gasteiger partial charge is 0.244 e. The van der Waals surface area contributed by atoms with Gasteiger partial charge in [-0.1, -0.05) is 30.3 Å². The first kappa shape index (κ1) is 16.1. The lowest BCUT2D eigenvalue weighted by molar-refractivity contribution is 0.0760. The first-order valence-corrected chi connectivity index (χ1v) is 9.16. The molecule has 1 aliphatic heterocycles. The topological polar surface area (TPSA) is 70.5 Å². The Kier molecular flexibility index (Phi) is 4.75. The third kappa shape index (κ3) is 3.44. The van der Waals surface area contributed by atoms with Gasteiger partial charge in [0.25, 0.3) is 0 Å². The summed E-state index contributed by atoms with van der Waals surface area (Å²) in [5.41, 5.74) is 0.890. The highest BCUT2D eigenvalue weighted by atomic mass is 32.2. The lowest BCUT2D eigenvalue weighted by Crippen LogP contribution is -2.39. The minimum absolute atomic E-state index is 0.0812. The maximum Gasteiger partial charge on any atom is 0.244 e. The van der Waals surface area contributed by atoms with E-state index in [2.05, 4.69) is 4.98 Å². The third-order valence-corrected chi connectivity index (χ3v) is 6.24. The van der Waals surface area contributed by atoms with Gasteiger partial charge in [-0.25, -0.2) is 8.42 Å². The minimum atomic E-state index is -3.49. The van der Waals surface area contributed by atoms with Crippen LogP contribution in [0.5, 0.6) is 0 Å². The van der Waals surface area contributed by atoms with Crippen LogP contribution >= 0.6 is 0 Å². The highest BCUT2D eigenvalue weighted by Gasteiger charge is 2.32. The zero-order chi connectivity index (χ0) is 16.3. The van der Waals surface area contributed by atoms with Crippen molar-refractivity contribution in [3.05, 3.63) is 60.4 Å². The molecule has 1 aliphatic rings. The first-order chi connectivity index (χ1) is 11.1. The fraction of sp³-hybridized carbons (Fsp3) is 0.353. The lowest BCUT2D eigenvalue weighted by atomic mass is 9.88. The molecule has 3 rings (SSSR count). The largest absolute Gasteiger partial charge is 0.388 e. The van der Waals surface area contributed by atoms with Crippen molar-refractivity contribution in [2.24, 2.45) is 5.92 Å². The summed E-state index contributed by atoms with van der Waals surface area (Å²) in [6.45, 7) is 0.845. The van der Waals surface area contributed by atoms with Crippen LogP contribution < -0.4 is 0 Å². The zero-order valence-corrected chi connectivity index (χ0v) is 13.6. The standard InChI is InChI=1S/C17H20N2O3S/c20-17(14-5-2-1-3-6-14)15-8-11-19(12-9-15)23(21,22)16-7-4-10-18-13-16/h1-7,10,13,15,17,20H,8-9,11-12H2. The molecule has 0 spiro atoms. The number of nitrogens with zero attached hydrogens (tertiary/aromatic N) is 2. The molecule has 1 aromatic carbocycles. The van der Waals surface area contributed by atoms with Gasteiger partial charge in [-0.3, -0.25) is 4.98 Å². The van der Waals surface area contributed by atoms with E-state index in [1.807, 2.05) is 30.3 Å². The fourth-order valence-electron chi connectivity index (χ4n) is 3.00. The quantitative estimate of drug-likeness (QED) is 0.932. The van der Waals surface area contributed by atoms with Gasteiger partial charge in [-0.05, 0) is 36.5 Å². The molecule has 1 unspecified atom stereocenters. The molecule has 1 N–H and O–H groups in total. The van der Waals surface area contributed by atoms with Crippen LogP contribution in [0.4, 0.5) is 0 Å². The predicted octanol–water partition coefficient (Wildman–Crippen LogP) is 2.22. The summed E-state index contributed by atoms with van der Waals surface area (Å²) in [6, 6.07) is 12.7. The molecule has 0 radical (unpaired) electrons. The van der Waals surface area contributed by atoms with Crippen molar-refractivity contribution in [2.75, 3.05) is 13.1 Å². The van der Waals surface area contributed by atoms with Crippen LogP contribution in [0.25, 0.3) is 0 Å². The van der Waals surface area contributed by atoms with Crippen molar-refractivity contribution in [1.29, 1.82) is 0 Å². The number of aromatic nitrogens is 1. The van der Waals surface area contributed by atoms with Gasteiger partial charge in [0.15, 0.2) is 0 Å². The molecule has 1 fully saturated rings. The van der Waals surface area contributed by atoms with Crippen molar-refractivity contribution in [3.63, 3.8) is 0 Å². The fourth-order valence-corrected chi connectivity index (χ4v) is 4.44. The average molecular weight is 332 g/mol. The number of sulfonamides is 1. The Hall–Kier alpha value is -1.76. The number of aliphatic hydroxyl groups is 1. The zero-order valence-electron chi connectivity index (χ0n) is 12.7. The summed E-state index contributed by atoms with van der Waals surface area (Å²) < 4.78 is 26.6. The van der Waals surface area contributed by atoms with Crippen LogP contribution in [0.2, 0.25) is 0 Å². The number of piperidine rings is 1. The highest BCUT2D eigenvalue weighted by molar-refractivity contribution is 7.89. The second-order valence-electron chi connectivity index (χ2n) is 5.79. The van der Waals surface area contributed by atoms with Crippen LogP contribution in [0.15, 0.2) is 59.8 Å². The monoisotopic (exact) mass is 332 g/mol. The van der Waals surface area contributed by atoms with E-state index in [1.165, 1.54) is 10.5 Å². The molecule has 1 saturated heterocycles. The van der Waals surface area contributed by atoms with E-state index >= 15 is 0 Å². The Balaban J connectivity index is 1.67. The number of aliphatic hydroxyl groups excluding tert-OH is 1. The van der Waals surface area contributed by atoms with Gasteiger partial charge in [0.1, 0.15) is 4.90 Å². The van der Waals surface area contributed by atoms with Gasteiger partial charge in [0.2, 0.25) is 10.0 Å². The summed E-state index contributed by atoms with van der Waals surface area (Å²) in [5, 5.41) is 10.5. The van der Waals surface area contributed by atoms with Crippen LogP contribution in [0.3, 0.4) is 0 Å². The Bertz CT molecular complexity index is 727. The predicted molar refractivity (Wildman–Crippen MR) is 87.1 cm³/mol. The van der Waals surface area contributed by atoms with E-state index < -0.39 is 16.1 Å². The summed E-state index contributed by atoms with van der Waals surface area (Å²) in [7, 11) is -3.49. The summed E-state index contributed by atoms with van der Waals surface area (Å²) >= 11 is 0. The van der Waals surface area contributed by atoms with Crippen molar-refractivity contribution in [2.45, 2.75) is 23.8 Å². The van der Waals surface area contributed by atoms with E-state index in [4.69, 9.17) is 0 Å². The molecule has 0 aliphatic carbocycles. The van der Waals surface area contributed by atoms with Gasteiger partial charge in [0.05, 0.1) is 6.10 Å². The first-order valence-electron chi connectivity index (χ1n) is 7.72. The maximum atomic E-state index is 12.6. The van der Waals surface area contributed by atoms with E-state index in [9.17, 15) is 13.5 Å². The van der Waals surface area contributed by atoms with Crippen molar-refractivity contribution < 1.29 is 13.5 Å². The molecule has 1 aromatic heterocycles. The molecule has 1 atom stereocenters. The van der Waals surface area contributed by atoms with Crippen LogP contribution in [0.1, 0.15) is 24.5 Å². The molecule has 122 valence electrons. The van der Waals surface area contributed by atoms with E-state index in [0.29, 0.717) is 25.9 Å². The minimum Gasteiger partial charge on any atom is -0.388 e. The van der Waals surface area contributed by atoms with Crippen molar-refractivity contribution in [1.82, 2.24) is 9.29 Å². The second kappa shape index (κ2) is 6.78. The summed E-state index contributed by atoms with van der Waals surface area (Å²) in [4.78, 5) is 4.11. The van der Waals surface area contributed by atoms with E-state index in [1.54, 1.807) is 18.3 Å². The molecule has 6 heteroatoms. The van der Waals surface area contributed by atoms with Gasteiger partial charge in [0, 0.05) is 25.5 Å². The summed E-state index contributed by atoms with van der Waals surface area (Å²) in [5.74, 6) is 0.0812. The van der Waals surface area contributed by atoms with Gasteiger partial charge in [-0.15, -0.1) is 0 Å². The molecule has 0 amide bonds. The Morgan fingerprint density at radius 3 is 2.39 bits per heavy atom. The number of hydrogen-bond donors (Lipinski definition) is 1. The van der Waals surface area contributed by atoms with Gasteiger partial charge < -0.3 is 5.11 Å². The third-order valence-electron chi connectivity index (χ3n) is 4.36. The van der Waals surface area contributed by atoms with E-state index in [0.717, 1.165) is 5.56 Å². The average Bonchev–Trinajstić information content (AvgIpc) is 2.63. The number of benzene rings is 1. The SMILES string of the molecule is O=S(=O)(c1cccnc1)N1CCC(C(O)c2ccccc2)CC1. The second-order valence-corrected chi connectivity index (χ2v) is 7.72. The molecule has 0 bridgehead atoms.